The number of nitrogens with zero attached hydrogens (tertiary/aromatic N) is 2. The molecule has 0 spiro atoms. The first-order valence-electron chi connectivity index (χ1n) is 9.59. The van der Waals surface area contributed by atoms with Gasteiger partial charge in [-0.15, -0.1) is 0 Å². The fraction of sp³-hybridized carbons (Fsp3) is 0. The molecule has 31 heavy (non-hydrogen) atoms. The zero-order valence-electron chi connectivity index (χ0n) is 16.3. The maximum absolute atomic E-state index is 12.8. The Morgan fingerprint density at radius 1 is 0.710 bits per heavy atom. The van der Waals surface area contributed by atoms with Gasteiger partial charge in [0.05, 0.1) is 4.90 Å². The smallest absolute Gasteiger partial charge is 0.261 e. The molecule has 2 aromatic heterocycles. The molecule has 0 aliphatic heterocycles. The van der Waals surface area contributed by atoms with Crippen molar-refractivity contribution in [3.05, 3.63) is 97.2 Å². The molecule has 0 radical (unpaired) electrons. The van der Waals surface area contributed by atoms with Gasteiger partial charge < -0.3 is 0 Å². The molecule has 0 fully saturated rings. The number of nitrogens with one attached hydrogen (secondary N) is 1. The molecule has 5 rings (SSSR count). The number of hydrogen-bond donors (Lipinski definition) is 1. The predicted octanol–water partition coefficient (Wildman–Crippen LogP) is 5.83. The third-order valence-electron chi connectivity index (χ3n) is 4.82. The van der Waals surface area contributed by atoms with Gasteiger partial charge in [-0.3, -0.25) is 4.72 Å². The summed E-state index contributed by atoms with van der Waals surface area (Å²) in [5.74, 6) is 0. The summed E-state index contributed by atoms with van der Waals surface area (Å²) in [6.45, 7) is 0. The Labute approximate surface area is 184 Å². The van der Waals surface area contributed by atoms with E-state index < -0.39 is 10.0 Å². The van der Waals surface area contributed by atoms with Gasteiger partial charge in [0, 0.05) is 17.4 Å². The Bertz CT molecular complexity index is 1410. The summed E-state index contributed by atoms with van der Waals surface area (Å²) in [5.41, 5.74) is 4.27. The molecular weight excluding hydrogens is 426 g/mol. The van der Waals surface area contributed by atoms with Crippen molar-refractivity contribution >= 4 is 37.4 Å². The Balaban J connectivity index is 1.35. The predicted molar refractivity (Wildman–Crippen MR) is 126 cm³/mol. The van der Waals surface area contributed by atoms with Crippen LogP contribution in [-0.2, 0) is 10.0 Å². The number of anilines is 1. The molecule has 152 valence electrons. The van der Waals surface area contributed by atoms with E-state index in [-0.39, 0.29) is 4.90 Å². The van der Waals surface area contributed by atoms with Crippen LogP contribution in [0.1, 0.15) is 0 Å². The van der Waals surface area contributed by atoms with Crippen LogP contribution in [0.15, 0.2) is 102 Å². The van der Waals surface area contributed by atoms with Gasteiger partial charge >= 0.3 is 0 Å². The second-order valence-corrected chi connectivity index (χ2v) is 9.58. The molecule has 0 saturated heterocycles. The zero-order valence-corrected chi connectivity index (χ0v) is 17.9. The number of hydrogen-bond acceptors (Lipinski definition) is 5. The quantitative estimate of drug-likeness (QED) is 0.371. The molecule has 0 atom stereocenters. The van der Waals surface area contributed by atoms with Crippen molar-refractivity contribution in [2.75, 3.05) is 4.72 Å². The van der Waals surface area contributed by atoms with Crippen molar-refractivity contribution in [3.8, 4) is 21.7 Å². The van der Waals surface area contributed by atoms with Crippen LogP contribution in [0.4, 0.5) is 5.69 Å². The lowest BCUT2D eigenvalue weighted by molar-refractivity contribution is 0.601. The van der Waals surface area contributed by atoms with Gasteiger partial charge in [0.1, 0.15) is 15.4 Å². The highest BCUT2D eigenvalue weighted by atomic mass is 32.2. The van der Waals surface area contributed by atoms with Crippen molar-refractivity contribution < 1.29 is 8.42 Å². The average molecular weight is 444 g/mol. The molecule has 0 unspecified atom stereocenters. The SMILES string of the molecule is O=S(=O)(Nc1ccc(-c2nc3cccnc3s2)cc1)c1ccc(-c2ccccc2)cc1. The van der Waals surface area contributed by atoms with Crippen molar-refractivity contribution in [1.82, 2.24) is 9.97 Å². The van der Waals surface area contributed by atoms with E-state index >= 15 is 0 Å². The summed E-state index contributed by atoms with van der Waals surface area (Å²) >= 11 is 1.50. The number of sulfonamides is 1. The summed E-state index contributed by atoms with van der Waals surface area (Å²) < 4.78 is 28.2. The maximum Gasteiger partial charge on any atom is 0.261 e. The van der Waals surface area contributed by atoms with Crippen molar-refractivity contribution in [3.63, 3.8) is 0 Å². The van der Waals surface area contributed by atoms with Crippen LogP contribution >= 0.6 is 11.3 Å². The van der Waals surface area contributed by atoms with Gasteiger partial charge in [0.2, 0.25) is 0 Å². The molecule has 5 aromatic rings. The third-order valence-corrected chi connectivity index (χ3v) is 7.25. The molecule has 2 heterocycles. The fourth-order valence-electron chi connectivity index (χ4n) is 3.25. The number of rotatable bonds is 5. The number of aromatic nitrogens is 2. The number of thiazole rings is 1. The Morgan fingerprint density at radius 3 is 2.10 bits per heavy atom. The summed E-state index contributed by atoms with van der Waals surface area (Å²) in [4.78, 5) is 9.99. The van der Waals surface area contributed by atoms with Crippen LogP contribution in [0, 0.1) is 0 Å². The average Bonchev–Trinajstić information content (AvgIpc) is 3.24. The standard InChI is InChI=1S/C24H17N3O2S2/c28-31(29,21-14-10-18(11-15-21)17-5-2-1-3-6-17)27-20-12-8-19(9-13-20)23-26-22-7-4-16-25-24(22)30-23/h1-16,27H. The lowest BCUT2D eigenvalue weighted by atomic mass is 10.1. The van der Waals surface area contributed by atoms with Crippen LogP contribution < -0.4 is 4.72 Å². The van der Waals surface area contributed by atoms with E-state index in [2.05, 4.69) is 14.7 Å². The van der Waals surface area contributed by atoms with E-state index in [0.29, 0.717) is 5.69 Å². The van der Waals surface area contributed by atoms with Crippen LogP contribution in [0.2, 0.25) is 0 Å². The highest BCUT2D eigenvalue weighted by Gasteiger charge is 2.15. The molecule has 0 aliphatic rings. The van der Waals surface area contributed by atoms with Crippen LogP contribution in [0.25, 0.3) is 32.0 Å². The Morgan fingerprint density at radius 2 is 1.39 bits per heavy atom. The molecule has 0 saturated carbocycles. The largest absolute Gasteiger partial charge is 0.280 e. The van der Waals surface area contributed by atoms with E-state index in [1.807, 2.05) is 66.7 Å². The third kappa shape index (κ3) is 4.05. The molecule has 0 amide bonds. The number of pyridine rings is 1. The minimum Gasteiger partial charge on any atom is -0.280 e. The Kier molecular flexibility index (Phi) is 4.97. The molecular formula is C24H17N3O2S2. The second kappa shape index (κ2) is 7.94. The minimum atomic E-state index is -3.68. The normalized spacial score (nSPS) is 11.5. The summed E-state index contributed by atoms with van der Waals surface area (Å²) in [6.07, 6.45) is 1.74. The highest BCUT2D eigenvalue weighted by Crippen LogP contribution is 2.30. The minimum absolute atomic E-state index is 0.216. The van der Waals surface area contributed by atoms with E-state index in [1.165, 1.54) is 11.3 Å². The van der Waals surface area contributed by atoms with Crippen LogP contribution in [0.3, 0.4) is 0 Å². The molecule has 3 aromatic carbocycles. The van der Waals surface area contributed by atoms with Crippen molar-refractivity contribution in [2.24, 2.45) is 0 Å². The first-order valence-corrected chi connectivity index (χ1v) is 11.9. The molecule has 0 bridgehead atoms. The highest BCUT2D eigenvalue weighted by molar-refractivity contribution is 7.92. The van der Waals surface area contributed by atoms with Crippen LogP contribution in [0.5, 0.6) is 0 Å². The van der Waals surface area contributed by atoms with Gasteiger partial charge in [-0.05, 0) is 59.7 Å². The van der Waals surface area contributed by atoms with E-state index in [0.717, 1.165) is 32.0 Å². The van der Waals surface area contributed by atoms with Gasteiger partial charge in [-0.25, -0.2) is 18.4 Å². The van der Waals surface area contributed by atoms with E-state index in [1.54, 1.807) is 30.5 Å². The zero-order chi connectivity index (χ0) is 21.3. The molecule has 5 nitrogen and oxygen atoms in total. The Hall–Kier alpha value is -3.55. The topological polar surface area (TPSA) is 72.0 Å². The lowest BCUT2D eigenvalue weighted by Crippen LogP contribution is -2.12. The van der Waals surface area contributed by atoms with Gasteiger partial charge in [0.15, 0.2) is 0 Å². The second-order valence-electron chi connectivity index (χ2n) is 6.92. The fourth-order valence-corrected chi connectivity index (χ4v) is 5.22. The summed E-state index contributed by atoms with van der Waals surface area (Å²) in [7, 11) is -3.68. The molecule has 7 heteroatoms. The van der Waals surface area contributed by atoms with Gasteiger partial charge in [-0.1, -0.05) is 53.8 Å². The van der Waals surface area contributed by atoms with Gasteiger partial charge in [0.25, 0.3) is 10.0 Å². The van der Waals surface area contributed by atoms with E-state index in [4.69, 9.17) is 0 Å². The number of benzene rings is 3. The van der Waals surface area contributed by atoms with Crippen molar-refractivity contribution in [2.45, 2.75) is 4.90 Å². The lowest BCUT2D eigenvalue weighted by Gasteiger charge is -2.09. The maximum atomic E-state index is 12.8. The number of fused-ring (bicyclic) bond motifs is 1. The summed E-state index contributed by atoms with van der Waals surface area (Å²) in [6, 6.07) is 27.7. The van der Waals surface area contributed by atoms with Gasteiger partial charge in [-0.2, -0.15) is 0 Å². The van der Waals surface area contributed by atoms with Crippen molar-refractivity contribution in [1.29, 1.82) is 0 Å². The first kappa shape index (κ1) is 19.4. The summed E-state index contributed by atoms with van der Waals surface area (Å²) in [5, 5.41) is 0.847. The first-order chi connectivity index (χ1) is 15.1. The monoisotopic (exact) mass is 443 g/mol. The molecule has 0 aliphatic carbocycles. The van der Waals surface area contributed by atoms with E-state index in [9.17, 15) is 8.42 Å². The van der Waals surface area contributed by atoms with Crippen LogP contribution in [-0.4, -0.2) is 18.4 Å². The molecule has 1 N–H and O–H groups in total.